The van der Waals surface area contributed by atoms with Crippen LogP contribution in [0.4, 0.5) is 79.6 Å². The molecule has 6 nitrogen and oxygen atoms in total. The number of benzene rings is 10. The van der Waals surface area contributed by atoms with Crippen LogP contribution in [-0.4, -0.2) is 0 Å². The average molecular weight is 853 g/mol. The Morgan fingerprint density at radius 1 is 0.212 bits per heavy atom. The van der Waals surface area contributed by atoms with E-state index in [1.165, 1.54) is 0 Å². The van der Waals surface area contributed by atoms with Crippen molar-refractivity contribution in [3.63, 3.8) is 0 Å². The van der Waals surface area contributed by atoms with E-state index in [9.17, 15) is 0 Å². The summed E-state index contributed by atoms with van der Waals surface area (Å²) in [4.78, 5) is 4.62. The molecular formula is C60H48N6. The van der Waals surface area contributed by atoms with Crippen LogP contribution in [-0.2, 0) is 0 Å². The maximum atomic E-state index is 3.73. The summed E-state index contributed by atoms with van der Waals surface area (Å²) < 4.78 is 0. The van der Waals surface area contributed by atoms with Crippen LogP contribution >= 0.6 is 0 Å². The second-order valence-corrected chi connectivity index (χ2v) is 15.9. The lowest BCUT2D eigenvalue weighted by Crippen LogP contribution is -2.12. The zero-order chi connectivity index (χ0) is 44.3. The van der Waals surface area contributed by atoms with E-state index in [1.54, 1.807) is 0 Å². The fraction of sp³-hybridized carbons (Fsp3) is 0. The van der Waals surface area contributed by atoms with E-state index in [2.05, 4.69) is 249 Å². The maximum Gasteiger partial charge on any atom is 0.0698 e. The molecule has 10 rings (SSSR count). The molecule has 0 bridgehead atoms. The van der Waals surface area contributed by atoms with E-state index in [4.69, 9.17) is 0 Å². The monoisotopic (exact) mass is 852 g/mol. The Morgan fingerprint density at radius 2 is 0.485 bits per heavy atom. The van der Waals surface area contributed by atoms with E-state index in [0.29, 0.717) is 0 Å². The van der Waals surface area contributed by atoms with Crippen LogP contribution in [0.5, 0.6) is 0 Å². The summed E-state index contributed by atoms with van der Waals surface area (Å²) in [5.74, 6) is 0. The molecule has 0 fully saturated rings. The molecule has 6 heteroatoms. The Bertz CT molecular complexity index is 2880. The smallest absolute Gasteiger partial charge is 0.0698 e. The largest absolute Gasteiger partial charge is 0.355 e. The van der Waals surface area contributed by atoms with Crippen molar-refractivity contribution < 1.29 is 0 Å². The number of anilines is 14. The van der Waals surface area contributed by atoms with Crippen LogP contribution in [0, 0.1) is 0 Å². The first-order chi connectivity index (χ1) is 32.7. The molecule has 0 aliphatic carbocycles. The second-order valence-electron chi connectivity index (χ2n) is 15.9. The van der Waals surface area contributed by atoms with Crippen molar-refractivity contribution in [1.82, 2.24) is 0 Å². The van der Waals surface area contributed by atoms with Gasteiger partial charge in [0.2, 0.25) is 0 Å². The zero-order valence-electron chi connectivity index (χ0n) is 36.3. The number of hydrogen-bond acceptors (Lipinski definition) is 6. The van der Waals surface area contributed by atoms with Gasteiger partial charge in [-0.25, -0.2) is 0 Å². The molecule has 0 spiro atoms. The molecule has 10 aromatic carbocycles. The lowest BCUT2D eigenvalue weighted by Gasteiger charge is -2.29. The number of rotatable bonds is 15. The van der Waals surface area contributed by atoms with Gasteiger partial charge >= 0.3 is 0 Å². The molecule has 0 saturated heterocycles. The molecule has 10 aromatic rings. The van der Waals surface area contributed by atoms with Gasteiger partial charge in [-0.15, -0.1) is 0 Å². The minimum atomic E-state index is 0.970. The predicted molar refractivity (Wildman–Crippen MR) is 280 cm³/mol. The molecule has 0 aliphatic heterocycles. The van der Waals surface area contributed by atoms with Crippen molar-refractivity contribution in [2.24, 2.45) is 0 Å². The maximum absolute atomic E-state index is 3.73. The van der Waals surface area contributed by atoms with E-state index < -0.39 is 0 Å². The molecule has 0 aliphatic rings. The van der Waals surface area contributed by atoms with Crippen LogP contribution in [0.3, 0.4) is 0 Å². The van der Waals surface area contributed by atoms with Crippen molar-refractivity contribution in [2.45, 2.75) is 0 Å². The molecule has 0 atom stereocenters. The molecular weight excluding hydrogens is 805 g/mol. The van der Waals surface area contributed by atoms with Crippen LogP contribution in [0.25, 0.3) is 11.1 Å². The molecule has 0 amide bonds. The summed E-state index contributed by atoms with van der Waals surface area (Å²) in [7, 11) is 0. The Balaban J connectivity index is 0.985. The summed E-state index contributed by atoms with van der Waals surface area (Å²) in [6, 6.07) is 92.9. The highest BCUT2D eigenvalue weighted by molar-refractivity contribution is 5.91. The van der Waals surface area contributed by atoms with Crippen molar-refractivity contribution in [2.75, 3.05) is 31.1 Å². The Hall–Kier alpha value is -9.00. The zero-order valence-corrected chi connectivity index (χ0v) is 36.3. The van der Waals surface area contributed by atoms with Crippen molar-refractivity contribution >= 4 is 79.6 Å². The highest BCUT2D eigenvalue weighted by Gasteiger charge is 2.20. The Kier molecular flexibility index (Phi) is 12.2. The van der Waals surface area contributed by atoms with Gasteiger partial charge < -0.3 is 31.1 Å². The summed E-state index contributed by atoms with van der Waals surface area (Å²) in [5.41, 5.74) is 16.5. The third-order valence-corrected chi connectivity index (χ3v) is 11.3. The average Bonchev–Trinajstić information content (AvgIpc) is 3.38. The Morgan fingerprint density at radius 3 is 0.803 bits per heavy atom. The minimum absolute atomic E-state index is 0.970. The molecule has 66 heavy (non-hydrogen) atoms. The highest BCUT2D eigenvalue weighted by Crippen LogP contribution is 2.44. The van der Waals surface area contributed by atoms with Crippen molar-refractivity contribution in [1.29, 1.82) is 0 Å². The molecule has 0 radical (unpaired) electrons. The number of para-hydroxylation sites is 6. The summed E-state index contributed by atoms with van der Waals surface area (Å²) in [6.45, 7) is 0. The number of hydrogen-bond donors (Lipinski definition) is 4. The van der Waals surface area contributed by atoms with Gasteiger partial charge in [0, 0.05) is 56.9 Å². The summed E-state index contributed by atoms with van der Waals surface area (Å²) in [5, 5.41) is 14.6. The molecule has 0 heterocycles. The van der Waals surface area contributed by atoms with Crippen LogP contribution in [0.15, 0.2) is 267 Å². The lowest BCUT2D eigenvalue weighted by molar-refractivity contribution is 1.28. The van der Waals surface area contributed by atoms with Gasteiger partial charge in [0.15, 0.2) is 0 Å². The van der Waals surface area contributed by atoms with Crippen LogP contribution in [0.2, 0.25) is 0 Å². The fourth-order valence-electron chi connectivity index (χ4n) is 8.16. The molecule has 0 saturated carbocycles. The van der Waals surface area contributed by atoms with Gasteiger partial charge in [-0.05, 0) is 145 Å². The topological polar surface area (TPSA) is 54.6 Å². The van der Waals surface area contributed by atoms with E-state index in [-0.39, 0.29) is 0 Å². The van der Waals surface area contributed by atoms with Gasteiger partial charge in [-0.2, -0.15) is 0 Å². The van der Waals surface area contributed by atoms with Crippen molar-refractivity contribution in [3.8, 4) is 11.1 Å². The molecule has 0 aromatic heterocycles. The Labute approximate surface area is 387 Å². The van der Waals surface area contributed by atoms with E-state index >= 15 is 0 Å². The number of nitrogens with one attached hydrogen (secondary N) is 4. The first-order valence-corrected chi connectivity index (χ1v) is 22.2. The van der Waals surface area contributed by atoms with Crippen LogP contribution in [0.1, 0.15) is 0 Å². The fourth-order valence-corrected chi connectivity index (χ4v) is 8.16. The van der Waals surface area contributed by atoms with Gasteiger partial charge in [0.05, 0.1) is 22.7 Å². The second kappa shape index (κ2) is 19.6. The van der Waals surface area contributed by atoms with E-state index in [1.807, 2.05) is 48.5 Å². The van der Waals surface area contributed by atoms with Crippen LogP contribution < -0.4 is 31.1 Å². The van der Waals surface area contributed by atoms with Gasteiger partial charge in [0.25, 0.3) is 0 Å². The predicted octanol–water partition coefficient (Wildman–Crippen LogP) is 17.3. The SMILES string of the molecule is c1ccc(Nc2ccc(N(c3ccccc3)c3ccc(-c4ccc(N(c5ccccc5)c5ccc(Nc6ccccc6)cc5Nc5ccccc5)cc4)cc3)c(Nc3ccccc3)c2)cc1. The number of nitrogens with zero attached hydrogens (tertiary/aromatic N) is 2. The van der Waals surface area contributed by atoms with Gasteiger partial charge in [-0.1, -0.05) is 133 Å². The lowest BCUT2D eigenvalue weighted by atomic mass is 10.0. The minimum Gasteiger partial charge on any atom is -0.355 e. The first kappa shape index (κ1) is 41.0. The van der Waals surface area contributed by atoms with Gasteiger partial charge in [0.1, 0.15) is 0 Å². The standard InChI is InChI=1S/C60H48N6/c1-7-19-47(20-8-1)61-51-35-41-59(57(43-51)63-49-23-11-3-12-24-49)65(53-27-15-5-16-28-53)55-37-31-45(32-38-55)46-33-39-56(40-34-46)66(54-29-17-6-18-30-54)60-42-36-52(62-48-21-9-2-10-22-48)44-58(60)64-50-25-13-4-14-26-50/h1-44,61-64H. The van der Waals surface area contributed by atoms with E-state index in [0.717, 1.165) is 90.8 Å². The summed E-state index contributed by atoms with van der Waals surface area (Å²) in [6.07, 6.45) is 0. The molecule has 0 unspecified atom stereocenters. The summed E-state index contributed by atoms with van der Waals surface area (Å²) >= 11 is 0. The molecule has 4 N–H and O–H groups in total. The van der Waals surface area contributed by atoms with Gasteiger partial charge in [-0.3, -0.25) is 0 Å². The third kappa shape index (κ3) is 9.64. The molecule has 318 valence electrons. The quantitative estimate of drug-likeness (QED) is 0.0824. The highest BCUT2D eigenvalue weighted by atomic mass is 15.2. The van der Waals surface area contributed by atoms with Crippen molar-refractivity contribution in [3.05, 3.63) is 267 Å². The first-order valence-electron chi connectivity index (χ1n) is 22.2. The normalized spacial score (nSPS) is 10.7. The third-order valence-electron chi connectivity index (χ3n) is 11.3.